The zero-order valence-electron chi connectivity index (χ0n) is 10.8. The number of pyridine rings is 1. The molecule has 2 aliphatic rings. The van der Waals surface area contributed by atoms with E-state index in [1.165, 1.54) is 0 Å². The number of likely N-dealkylation sites (tertiary alicyclic amines) is 2. The quantitative estimate of drug-likeness (QED) is 0.885. The molecule has 6 heteroatoms. The lowest BCUT2D eigenvalue weighted by atomic mass is 9.72. The van der Waals surface area contributed by atoms with Crippen molar-refractivity contribution in [1.82, 2.24) is 14.8 Å². The van der Waals surface area contributed by atoms with Crippen molar-refractivity contribution in [2.24, 2.45) is 11.1 Å². The minimum absolute atomic E-state index is 0.326. The van der Waals surface area contributed by atoms with Crippen molar-refractivity contribution in [3.8, 4) is 0 Å². The van der Waals surface area contributed by atoms with Crippen LogP contribution in [0.3, 0.4) is 0 Å². The third kappa shape index (κ3) is 2.28. The SMILES string of the molecule is CN1CC2(C1)CN(C(C(N)=O)c1cc(Br)ccn1)C2. The second-order valence-electron chi connectivity index (χ2n) is 5.78. The normalized spacial score (nSPS) is 23.7. The monoisotopic (exact) mass is 324 g/mol. The summed E-state index contributed by atoms with van der Waals surface area (Å²) >= 11 is 3.41. The Morgan fingerprint density at radius 3 is 2.68 bits per heavy atom. The van der Waals surface area contributed by atoms with Gasteiger partial charge in [0, 0.05) is 42.3 Å². The first kappa shape index (κ1) is 13.0. The number of amides is 1. The van der Waals surface area contributed by atoms with Gasteiger partial charge in [0.05, 0.1) is 5.69 Å². The van der Waals surface area contributed by atoms with Crippen molar-refractivity contribution in [1.29, 1.82) is 0 Å². The molecule has 3 heterocycles. The van der Waals surface area contributed by atoms with Gasteiger partial charge >= 0.3 is 0 Å². The molecule has 1 unspecified atom stereocenters. The number of carbonyl (C=O) groups excluding carboxylic acids is 1. The van der Waals surface area contributed by atoms with E-state index in [0.717, 1.165) is 36.3 Å². The number of aromatic nitrogens is 1. The van der Waals surface area contributed by atoms with Gasteiger partial charge in [-0.05, 0) is 19.2 Å². The topological polar surface area (TPSA) is 62.5 Å². The van der Waals surface area contributed by atoms with Crippen LogP contribution >= 0.6 is 15.9 Å². The van der Waals surface area contributed by atoms with E-state index >= 15 is 0 Å². The largest absolute Gasteiger partial charge is 0.368 e. The van der Waals surface area contributed by atoms with Gasteiger partial charge in [0.25, 0.3) is 0 Å². The number of halogens is 1. The summed E-state index contributed by atoms with van der Waals surface area (Å²) in [5.74, 6) is -0.326. The van der Waals surface area contributed by atoms with E-state index in [1.807, 2.05) is 12.1 Å². The summed E-state index contributed by atoms with van der Waals surface area (Å²) in [6.07, 6.45) is 1.70. The molecule has 5 nitrogen and oxygen atoms in total. The number of rotatable bonds is 3. The Bertz CT molecular complexity index is 507. The molecule has 0 bridgehead atoms. The molecule has 1 aromatic heterocycles. The first-order valence-corrected chi connectivity index (χ1v) is 7.12. The Morgan fingerprint density at radius 1 is 1.47 bits per heavy atom. The Balaban J connectivity index is 1.75. The van der Waals surface area contributed by atoms with Gasteiger partial charge < -0.3 is 10.6 Å². The van der Waals surface area contributed by atoms with Crippen LogP contribution in [0, 0.1) is 5.41 Å². The average Bonchev–Trinajstić information content (AvgIpc) is 2.23. The molecule has 102 valence electrons. The summed E-state index contributed by atoms with van der Waals surface area (Å²) in [6, 6.07) is 3.31. The summed E-state index contributed by atoms with van der Waals surface area (Å²) in [6.45, 7) is 4.08. The molecule has 2 N–H and O–H groups in total. The average molecular weight is 325 g/mol. The molecule has 3 rings (SSSR count). The van der Waals surface area contributed by atoms with Crippen LogP contribution in [-0.4, -0.2) is 53.9 Å². The lowest BCUT2D eigenvalue weighted by Gasteiger charge is -2.60. The molecular formula is C13H17BrN4O. The van der Waals surface area contributed by atoms with Gasteiger partial charge in [-0.25, -0.2) is 0 Å². The second kappa shape index (κ2) is 4.54. The molecule has 2 saturated heterocycles. The molecule has 19 heavy (non-hydrogen) atoms. The van der Waals surface area contributed by atoms with Gasteiger partial charge in [-0.1, -0.05) is 15.9 Å². The first-order chi connectivity index (χ1) is 8.99. The Hall–Kier alpha value is -0.980. The highest BCUT2D eigenvalue weighted by atomic mass is 79.9. The van der Waals surface area contributed by atoms with Gasteiger partial charge in [0.1, 0.15) is 6.04 Å². The highest BCUT2D eigenvalue weighted by molar-refractivity contribution is 9.10. The van der Waals surface area contributed by atoms with Crippen molar-refractivity contribution in [2.75, 3.05) is 33.2 Å². The number of hydrogen-bond donors (Lipinski definition) is 1. The molecule has 2 fully saturated rings. The van der Waals surface area contributed by atoms with Crippen LogP contribution in [0.1, 0.15) is 11.7 Å². The Labute approximate surface area is 120 Å². The van der Waals surface area contributed by atoms with Crippen LogP contribution in [0.25, 0.3) is 0 Å². The maximum atomic E-state index is 11.7. The van der Waals surface area contributed by atoms with E-state index < -0.39 is 6.04 Å². The van der Waals surface area contributed by atoms with Crippen molar-refractivity contribution in [3.05, 3.63) is 28.5 Å². The van der Waals surface area contributed by atoms with Crippen LogP contribution in [0.2, 0.25) is 0 Å². The number of primary amides is 1. The molecule has 2 aliphatic heterocycles. The fourth-order valence-electron chi connectivity index (χ4n) is 3.38. The standard InChI is InChI=1S/C13H17BrN4O/c1-17-5-13(6-17)7-18(8-13)11(12(15)19)10-4-9(14)2-3-16-10/h2-4,11H,5-8H2,1H3,(H2,15,19). The summed E-state index contributed by atoms with van der Waals surface area (Å²) < 4.78 is 0.919. The molecule has 0 aliphatic carbocycles. The van der Waals surface area contributed by atoms with Crippen LogP contribution in [0.5, 0.6) is 0 Å². The molecule has 0 saturated carbocycles. The zero-order valence-corrected chi connectivity index (χ0v) is 12.4. The van der Waals surface area contributed by atoms with Gasteiger partial charge in [-0.2, -0.15) is 0 Å². The molecular weight excluding hydrogens is 308 g/mol. The van der Waals surface area contributed by atoms with E-state index in [1.54, 1.807) is 6.20 Å². The van der Waals surface area contributed by atoms with Crippen LogP contribution < -0.4 is 5.73 Å². The fraction of sp³-hybridized carbons (Fsp3) is 0.538. The van der Waals surface area contributed by atoms with Crippen LogP contribution in [0.15, 0.2) is 22.8 Å². The highest BCUT2D eigenvalue weighted by Gasteiger charge is 2.53. The molecule has 0 aromatic carbocycles. The Kier molecular flexibility index (Phi) is 3.11. The van der Waals surface area contributed by atoms with Crippen molar-refractivity contribution in [3.63, 3.8) is 0 Å². The fourth-order valence-corrected chi connectivity index (χ4v) is 3.73. The minimum Gasteiger partial charge on any atom is -0.368 e. The van der Waals surface area contributed by atoms with Gasteiger partial charge in [-0.15, -0.1) is 0 Å². The van der Waals surface area contributed by atoms with E-state index in [2.05, 4.69) is 37.8 Å². The molecule has 1 spiro atoms. The van der Waals surface area contributed by atoms with Gasteiger partial charge in [0.15, 0.2) is 0 Å². The molecule has 0 radical (unpaired) electrons. The van der Waals surface area contributed by atoms with Crippen molar-refractivity contribution in [2.45, 2.75) is 6.04 Å². The predicted molar refractivity (Wildman–Crippen MR) is 75.4 cm³/mol. The maximum Gasteiger partial charge on any atom is 0.241 e. The summed E-state index contributed by atoms with van der Waals surface area (Å²) in [5.41, 5.74) is 6.67. The lowest BCUT2D eigenvalue weighted by molar-refractivity contribution is -0.144. The number of nitrogens with two attached hydrogens (primary N) is 1. The third-order valence-corrected chi connectivity index (χ3v) is 4.44. The third-order valence-electron chi connectivity index (χ3n) is 3.95. The smallest absolute Gasteiger partial charge is 0.241 e. The van der Waals surface area contributed by atoms with Crippen LogP contribution in [-0.2, 0) is 4.79 Å². The van der Waals surface area contributed by atoms with E-state index in [0.29, 0.717) is 5.41 Å². The Morgan fingerprint density at radius 2 is 2.16 bits per heavy atom. The van der Waals surface area contributed by atoms with E-state index in [9.17, 15) is 4.79 Å². The summed E-state index contributed by atoms with van der Waals surface area (Å²) in [4.78, 5) is 20.5. The van der Waals surface area contributed by atoms with Gasteiger partial charge in [0.2, 0.25) is 5.91 Å². The second-order valence-corrected chi connectivity index (χ2v) is 6.70. The zero-order chi connectivity index (χ0) is 13.6. The highest BCUT2D eigenvalue weighted by Crippen LogP contribution is 2.42. The van der Waals surface area contributed by atoms with E-state index in [-0.39, 0.29) is 5.91 Å². The minimum atomic E-state index is -0.408. The summed E-state index contributed by atoms with van der Waals surface area (Å²) in [7, 11) is 2.12. The molecule has 1 aromatic rings. The number of carbonyl (C=O) groups is 1. The first-order valence-electron chi connectivity index (χ1n) is 6.32. The van der Waals surface area contributed by atoms with Crippen molar-refractivity contribution < 1.29 is 4.79 Å². The summed E-state index contributed by atoms with van der Waals surface area (Å²) in [5, 5.41) is 0. The van der Waals surface area contributed by atoms with Gasteiger partial charge in [-0.3, -0.25) is 14.7 Å². The lowest BCUT2D eigenvalue weighted by Crippen LogP contribution is -2.72. The maximum absolute atomic E-state index is 11.7. The predicted octanol–water partition coefficient (Wildman–Crippen LogP) is 0.618. The van der Waals surface area contributed by atoms with Crippen molar-refractivity contribution >= 4 is 21.8 Å². The van der Waals surface area contributed by atoms with E-state index in [4.69, 9.17) is 5.73 Å². The van der Waals surface area contributed by atoms with Crippen LogP contribution in [0.4, 0.5) is 0 Å². The molecule has 1 amide bonds. The number of nitrogens with zero attached hydrogens (tertiary/aromatic N) is 3. The molecule has 1 atom stereocenters. The number of hydrogen-bond acceptors (Lipinski definition) is 4.